The summed E-state index contributed by atoms with van der Waals surface area (Å²) in [5, 5.41) is 0. The van der Waals surface area contributed by atoms with Crippen LogP contribution in [0, 0.1) is 0 Å². The number of hydrogen-bond donors (Lipinski definition) is 1. The Morgan fingerprint density at radius 3 is 2.94 bits per heavy atom. The number of hydrogen-bond acceptors (Lipinski definition) is 2. The van der Waals surface area contributed by atoms with Crippen molar-refractivity contribution < 1.29 is 4.74 Å². The van der Waals surface area contributed by atoms with E-state index in [-0.39, 0.29) is 11.6 Å². The molecule has 1 aliphatic rings. The number of aromatic nitrogens is 1. The number of ether oxygens (including phenoxy) is 1. The Labute approximate surface area is 104 Å². The molecule has 2 unspecified atom stereocenters. The highest BCUT2D eigenvalue weighted by Gasteiger charge is 2.31. The molecule has 2 N–H and O–H groups in total. The molecular formula is C14H24N2O. The first-order valence-electron chi connectivity index (χ1n) is 6.53. The lowest BCUT2D eigenvalue weighted by atomic mass is 10.1. The summed E-state index contributed by atoms with van der Waals surface area (Å²) in [7, 11) is 0. The van der Waals surface area contributed by atoms with E-state index >= 15 is 0 Å². The molecule has 17 heavy (non-hydrogen) atoms. The maximum absolute atomic E-state index is 6.00. The van der Waals surface area contributed by atoms with Crippen LogP contribution in [-0.4, -0.2) is 22.3 Å². The van der Waals surface area contributed by atoms with Gasteiger partial charge in [-0.25, -0.2) is 0 Å². The number of nitrogens with two attached hydrogens (primary N) is 1. The molecule has 0 radical (unpaired) electrons. The van der Waals surface area contributed by atoms with E-state index in [0.29, 0.717) is 6.10 Å². The van der Waals surface area contributed by atoms with Crippen molar-refractivity contribution in [1.82, 2.24) is 4.57 Å². The van der Waals surface area contributed by atoms with Gasteiger partial charge in [0.2, 0.25) is 0 Å². The summed E-state index contributed by atoms with van der Waals surface area (Å²) in [6, 6.07) is 2.39. The highest BCUT2D eigenvalue weighted by atomic mass is 16.5. The quantitative estimate of drug-likeness (QED) is 0.871. The van der Waals surface area contributed by atoms with Gasteiger partial charge in [-0.2, -0.15) is 0 Å². The van der Waals surface area contributed by atoms with E-state index in [1.54, 1.807) is 0 Å². The second-order valence-electron chi connectivity index (χ2n) is 5.94. The summed E-state index contributed by atoms with van der Waals surface area (Å²) in [4.78, 5) is 0. The van der Waals surface area contributed by atoms with Gasteiger partial charge >= 0.3 is 0 Å². The van der Waals surface area contributed by atoms with E-state index in [2.05, 4.69) is 36.9 Å². The van der Waals surface area contributed by atoms with Crippen molar-refractivity contribution in [1.29, 1.82) is 0 Å². The lowest BCUT2D eigenvalue weighted by molar-refractivity contribution is -0.0216. The van der Waals surface area contributed by atoms with Crippen molar-refractivity contribution >= 4 is 0 Å². The molecular weight excluding hydrogens is 212 g/mol. The van der Waals surface area contributed by atoms with Crippen LogP contribution in [0.4, 0.5) is 0 Å². The van der Waals surface area contributed by atoms with E-state index in [1.165, 1.54) is 5.56 Å². The van der Waals surface area contributed by atoms with E-state index in [1.807, 2.05) is 6.92 Å². The first-order valence-corrected chi connectivity index (χ1v) is 6.53. The number of nitrogens with zero attached hydrogens (tertiary/aromatic N) is 1. The van der Waals surface area contributed by atoms with Gasteiger partial charge in [0, 0.05) is 25.0 Å². The number of rotatable bonds is 4. The predicted octanol–water partition coefficient (Wildman–Crippen LogP) is 2.34. The van der Waals surface area contributed by atoms with Gasteiger partial charge in [-0.15, -0.1) is 0 Å². The fourth-order valence-corrected chi connectivity index (χ4v) is 2.54. The molecule has 1 fully saturated rings. The maximum atomic E-state index is 6.00. The summed E-state index contributed by atoms with van der Waals surface area (Å²) < 4.78 is 8.22. The maximum Gasteiger partial charge on any atom is 0.0762 e. The molecule has 1 aromatic rings. The summed E-state index contributed by atoms with van der Waals surface area (Å²) >= 11 is 0. The van der Waals surface area contributed by atoms with Crippen LogP contribution in [0.1, 0.15) is 39.2 Å². The standard InChI is InChI=1S/C14H24N2O/c1-11(15)8-12-5-7-16(9-12)10-13-4-6-14(2,3)17-13/h5,7,9,11,13H,4,6,8,10,15H2,1-3H3. The minimum Gasteiger partial charge on any atom is -0.370 e. The largest absolute Gasteiger partial charge is 0.370 e. The summed E-state index contributed by atoms with van der Waals surface area (Å²) in [5.41, 5.74) is 7.18. The molecule has 1 aliphatic heterocycles. The van der Waals surface area contributed by atoms with Crippen LogP contribution >= 0.6 is 0 Å². The molecule has 0 saturated carbocycles. The van der Waals surface area contributed by atoms with Gasteiger partial charge in [-0.3, -0.25) is 0 Å². The molecule has 0 spiro atoms. The van der Waals surface area contributed by atoms with Crippen molar-refractivity contribution in [3.05, 3.63) is 24.0 Å². The third-order valence-corrected chi connectivity index (χ3v) is 3.34. The molecule has 0 bridgehead atoms. The summed E-state index contributed by atoms with van der Waals surface area (Å²) in [5.74, 6) is 0. The smallest absolute Gasteiger partial charge is 0.0762 e. The lowest BCUT2D eigenvalue weighted by Crippen LogP contribution is -2.22. The molecule has 2 atom stereocenters. The fraction of sp³-hybridized carbons (Fsp3) is 0.714. The molecule has 1 saturated heterocycles. The van der Waals surface area contributed by atoms with E-state index in [9.17, 15) is 0 Å². The SMILES string of the molecule is CC(N)Cc1ccn(CC2CCC(C)(C)O2)c1. The molecule has 0 amide bonds. The molecule has 2 heterocycles. The van der Waals surface area contributed by atoms with Crippen molar-refractivity contribution in [3.8, 4) is 0 Å². The van der Waals surface area contributed by atoms with E-state index < -0.39 is 0 Å². The average molecular weight is 236 g/mol. The molecule has 0 aliphatic carbocycles. The second kappa shape index (κ2) is 4.83. The van der Waals surface area contributed by atoms with Gasteiger partial charge in [0.05, 0.1) is 11.7 Å². The van der Waals surface area contributed by atoms with Crippen LogP contribution in [0.15, 0.2) is 18.5 Å². The molecule has 1 aromatic heterocycles. The molecule has 96 valence electrons. The second-order valence-corrected chi connectivity index (χ2v) is 5.94. The lowest BCUT2D eigenvalue weighted by Gasteiger charge is -2.19. The summed E-state index contributed by atoms with van der Waals surface area (Å²) in [6.45, 7) is 7.34. The first kappa shape index (κ1) is 12.7. The van der Waals surface area contributed by atoms with Crippen molar-refractivity contribution in [2.24, 2.45) is 5.73 Å². The average Bonchev–Trinajstić information content (AvgIpc) is 2.73. The van der Waals surface area contributed by atoms with Gasteiger partial charge in [-0.1, -0.05) is 0 Å². The van der Waals surface area contributed by atoms with Crippen LogP contribution in [0.5, 0.6) is 0 Å². The van der Waals surface area contributed by atoms with Gasteiger partial charge in [-0.05, 0) is 51.7 Å². The van der Waals surface area contributed by atoms with Gasteiger partial charge in [0.25, 0.3) is 0 Å². The fourth-order valence-electron chi connectivity index (χ4n) is 2.54. The van der Waals surface area contributed by atoms with Crippen LogP contribution in [0.25, 0.3) is 0 Å². The van der Waals surface area contributed by atoms with Crippen molar-refractivity contribution in [3.63, 3.8) is 0 Å². The molecule has 0 aromatic carbocycles. The Kier molecular flexibility index (Phi) is 3.59. The Balaban J connectivity index is 1.89. The Morgan fingerprint density at radius 1 is 1.59 bits per heavy atom. The summed E-state index contributed by atoms with van der Waals surface area (Å²) in [6.07, 6.45) is 7.95. The molecule has 2 rings (SSSR count). The van der Waals surface area contributed by atoms with Crippen LogP contribution in [0.3, 0.4) is 0 Å². The monoisotopic (exact) mass is 236 g/mol. The van der Waals surface area contributed by atoms with Gasteiger partial charge in [0.1, 0.15) is 0 Å². The predicted molar refractivity (Wildman–Crippen MR) is 70.0 cm³/mol. The molecule has 3 nitrogen and oxygen atoms in total. The van der Waals surface area contributed by atoms with Crippen LogP contribution < -0.4 is 5.73 Å². The molecule has 3 heteroatoms. The Hall–Kier alpha value is -0.800. The van der Waals surface area contributed by atoms with E-state index in [4.69, 9.17) is 10.5 Å². The highest BCUT2D eigenvalue weighted by Crippen LogP contribution is 2.30. The van der Waals surface area contributed by atoms with Gasteiger partial charge < -0.3 is 15.0 Å². The van der Waals surface area contributed by atoms with E-state index in [0.717, 1.165) is 25.8 Å². The minimum absolute atomic E-state index is 0.0619. The van der Waals surface area contributed by atoms with Crippen LogP contribution in [0.2, 0.25) is 0 Å². The zero-order valence-corrected chi connectivity index (χ0v) is 11.1. The van der Waals surface area contributed by atoms with Crippen LogP contribution in [-0.2, 0) is 17.7 Å². The third kappa shape index (κ3) is 3.58. The third-order valence-electron chi connectivity index (χ3n) is 3.34. The Morgan fingerprint density at radius 2 is 2.35 bits per heavy atom. The zero-order chi connectivity index (χ0) is 12.5. The minimum atomic E-state index is 0.0619. The van der Waals surface area contributed by atoms with Gasteiger partial charge in [0.15, 0.2) is 0 Å². The normalized spacial score (nSPS) is 25.1. The topological polar surface area (TPSA) is 40.2 Å². The van der Waals surface area contributed by atoms with Crippen molar-refractivity contribution in [2.75, 3.05) is 0 Å². The first-order chi connectivity index (χ1) is 7.94. The van der Waals surface area contributed by atoms with Crippen molar-refractivity contribution in [2.45, 2.75) is 64.3 Å². The highest BCUT2D eigenvalue weighted by molar-refractivity contribution is 5.11. The Bertz CT molecular complexity index is 368. The zero-order valence-electron chi connectivity index (χ0n) is 11.1.